The summed E-state index contributed by atoms with van der Waals surface area (Å²) < 4.78 is 0. The van der Waals surface area contributed by atoms with Crippen molar-refractivity contribution in [2.24, 2.45) is 11.3 Å². The van der Waals surface area contributed by atoms with E-state index in [1.54, 1.807) is 10.4 Å². The van der Waals surface area contributed by atoms with Crippen LogP contribution in [-0.2, 0) is 6.42 Å². The van der Waals surface area contributed by atoms with Crippen LogP contribution in [0.15, 0.2) is 11.4 Å². The summed E-state index contributed by atoms with van der Waals surface area (Å²) in [4.78, 5) is 1.63. The largest absolute Gasteiger partial charge is 0.307 e. The van der Waals surface area contributed by atoms with Crippen LogP contribution < -0.4 is 5.32 Å². The van der Waals surface area contributed by atoms with Crippen LogP contribution in [0.5, 0.6) is 0 Å². The molecule has 0 aliphatic heterocycles. The lowest BCUT2D eigenvalue weighted by Crippen LogP contribution is -2.36. The first kappa shape index (κ1) is 12.7. The number of aryl methyl sites for hydroxylation is 1. The van der Waals surface area contributed by atoms with Crippen LogP contribution in [0.1, 0.15) is 62.9 Å². The fraction of sp³-hybridized carbons (Fsp3) is 0.750. The molecular weight excluding hydrogens is 238 g/mol. The molecule has 3 rings (SSSR count). The highest BCUT2D eigenvalue weighted by molar-refractivity contribution is 7.10. The molecule has 0 amide bonds. The van der Waals surface area contributed by atoms with E-state index in [9.17, 15) is 0 Å². The topological polar surface area (TPSA) is 12.0 Å². The van der Waals surface area contributed by atoms with E-state index in [-0.39, 0.29) is 0 Å². The maximum absolute atomic E-state index is 3.97. The molecule has 0 bridgehead atoms. The molecule has 1 aromatic rings. The number of thiophene rings is 1. The van der Waals surface area contributed by atoms with Crippen molar-refractivity contribution >= 4 is 11.3 Å². The first-order chi connectivity index (χ1) is 8.55. The molecular formula is C16H25NS. The molecule has 2 heteroatoms. The van der Waals surface area contributed by atoms with Crippen molar-refractivity contribution in [1.82, 2.24) is 5.32 Å². The van der Waals surface area contributed by atoms with Crippen LogP contribution in [0.4, 0.5) is 0 Å². The van der Waals surface area contributed by atoms with E-state index in [1.165, 1.54) is 32.1 Å². The molecule has 0 aromatic carbocycles. The van der Waals surface area contributed by atoms with Gasteiger partial charge in [0.1, 0.15) is 0 Å². The Morgan fingerprint density at radius 2 is 2.17 bits per heavy atom. The minimum absolute atomic E-state index is 0.531. The van der Waals surface area contributed by atoms with Crippen molar-refractivity contribution in [1.29, 1.82) is 0 Å². The summed E-state index contributed by atoms with van der Waals surface area (Å²) in [5.74, 6) is 0.823. The third kappa shape index (κ3) is 2.37. The maximum Gasteiger partial charge on any atom is 0.0333 e. The van der Waals surface area contributed by atoms with Crippen molar-refractivity contribution in [2.45, 2.75) is 65.0 Å². The fourth-order valence-corrected chi connectivity index (χ4v) is 5.02. The van der Waals surface area contributed by atoms with E-state index in [4.69, 9.17) is 0 Å². The van der Waals surface area contributed by atoms with E-state index in [0.29, 0.717) is 11.5 Å². The molecule has 2 aliphatic rings. The Labute approximate surface area is 115 Å². The predicted octanol–water partition coefficient (Wildman–Crippen LogP) is 4.54. The highest BCUT2D eigenvalue weighted by Crippen LogP contribution is 2.43. The quantitative estimate of drug-likeness (QED) is 0.826. The first-order valence-electron chi connectivity index (χ1n) is 7.37. The molecule has 1 N–H and O–H groups in total. The highest BCUT2D eigenvalue weighted by Gasteiger charge is 2.38. The SMILES string of the molecule is CC1CC(C)(C)CC1NC1CCCc2sccc21. The third-order valence-corrected chi connectivity index (χ3v) is 5.80. The van der Waals surface area contributed by atoms with Crippen LogP contribution in [0.3, 0.4) is 0 Å². The zero-order valence-electron chi connectivity index (χ0n) is 11.8. The predicted molar refractivity (Wildman–Crippen MR) is 79.1 cm³/mol. The summed E-state index contributed by atoms with van der Waals surface area (Å²) in [6, 6.07) is 3.69. The second-order valence-electron chi connectivity index (χ2n) is 7.07. The molecule has 2 aliphatic carbocycles. The van der Waals surface area contributed by atoms with Gasteiger partial charge < -0.3 is 5.32 Å². The van der Waals surface area contributed by atoms with Gasteiger partial charge in [0.15, 0.2) is 0 Å². The van der Waals surface area contributed by atoms with Crippen LogP contribution >= 0.6 is 11.3 Å². The number of fused-ring (bicyclic) bond motifs is 1. The van der Waals surface area contributed by atoms with Crippen molar-refractivity contribution in [2.75, 3.05) is 0 Å². The molecule has 3 atom stereocenters. The van der Waals surface area contributed by atoms with Gasteiger partial charge in [-0.15, -0.1) is 11.3 Å². The molecule has 0 radical (unpaired) electrons. The molecule has 0 spiro atoms. The lowest BCUT2D eigenvalue weighted by Gasteiger charge is -2.29. The van der Waals surface area contributed by atoms with E-state index in [0.717, 1.165) is 12.0 Å². The summed E-state index contributed by atoms with van der Waals surface area (Å²) in [6.45, 7) is 7.26. The number of hydrogen-bond acceptors (Lipinski definition) is 2. The molecule has 1 aromatic heterocycles. The van der Waals surface area contributed by atoms with Gasteiger partial charge >= 0.3 is 0 Å². The van der Waals surface area contributed by atoms with Gasteiger partial charge in [-0.2, -0.15) is 0 Å². The van der Waals surface area contributed by atoms with Gasteiger partial charge in [-0.3, -0.25) is 0 Å². The van der Waals surface area contributed by atoms with E-state index < -0.39 is 0 Å². The molecule has 1 nitrogen and oxygen atoms in total. The second-order valence-corrected chi connectivity index (χ2v) is 8.07. The second kappa shape index (κ2) is 4.64. The number of nitrogens with one attached hydrogen (secondary N) is 1. The maximum atomic E-state index is 3.97. The Hall–Kier alpha value is -0.340. The fourth-order valence-electron chi connectivity index (χ4n) is 4.03. The average molecular weight is 263 g/mol. The Balaban J connectivity index is 1.72. The molecule has 1 fully saturated rings. The Kier molecular flexibility index (Phi) is 3.27. The number of rotatable bonds is 2. The Morgan fingerprint density at radius 1 is 1.33 bits per heavy atom. The van der Waals surface area contributed by atoms with Crippen LogP contribution in [0.2, 0.25) is 0 Å². The van der Waals surface area contributed by atoms with Gasteiger partial charge in [0.05, 0.1) is 0 Å². The van der Waals surface area contributed by atoms with Gasteiger partial charge in [-0.25, -0.2) is 0 Å². The van der Waals surface area contributed by atoms with E-state index >= 15 is 0 Å². The third-order valence-electron chi connectivity index (χ3n) is 4.80. The van der Waals surface area contributed by atoms with Gasteiger partial charge in [-0.05, 0) is 60.4 Å². The molecule has 3 unspecified atom stereocenters. The van der Waals surface area contributed by atoms with E-state index in [1.807, 2.05) is 11.3 Å². The zero-order chi connectivity index (χ0) is 12.8. The zero-order valence-corrected chi connectivity index (χ0v) is 12.6. The normalized spacial score (nSPS) is 34.5. The molecule has 1 saturated carbocycles. The Bertz CT molecular complexity index is 420. The van der Waals surface area contributed by atoms with Gasteiger partial charge in [0.2, 0.25) is 0 Å². The molecule has 100 valence electrons. The van der Waals surface area contributed by atoms with Crippen molar-refractivity contribution in [3.05, 3.63) is 21.9 Å². The average Bonchev–Trinajstić information content (AvgIpc) is 2.84. The molecule has 1 heterocycles. The summed E-state index contributed by atoms with van der Waals surface area (Å²) in [7, 11) is 0. The van der Waals surface area contributed by atoms with Gasteiger partial charge in [-0.1, -0.05) is 20.8 Å². The van der Waals surface area contributed by atoms with Crippen molar-refractivity contribution in [3.8, 4) is 0 Å². The van der Waals surface area contributed by atoms with Crippen LogP contribution in [-0.4, -0.2) is 6.04 Å². The minimum atomic E-state index is 0.531. The van der Waals surface area contributed by atoms with E-state index in [2.05, 4.69) is 37.5 Å². The lowest BCUT2D eigenvalue weighted by molar-refractivity contribution is 0.338. The number of hydrogen-bond donors (Lipinski definition) is 1. The van der Waals surface area contributed by atoms with Crippen molar-refractivity contribution in [3.63, 3.8) is 0 Å². The van der Waals surface area contributed by atoms with Gasteiger partial charge in [0.25, 0.3) is 0 Å². The monoisotopic (exact) mass is 263 g/mol. The summed E-state index contributed by atoms with van der Waals surface area (Å²) in [6.07, 6.45) is 6.69. The minimum Gasteiger partial charge on any atom is -0.307 e. The molecule has 18 heavy (non-hydrogen) atoms. The van der Waals surface area contributed by atoms with Crippen molar-refractivity contribution < 1.29 is 0 Å². The lowest BCUT2D eigenvalue weighted by atomic mass is 9.90. The first-order valence-corrected chi connectivity index (χ1v) is 8.25. The summed E-state index contributed by atoms with van der Waals surface area (Å²) >= 11 is 1.95. The van der Waals surface area contributed by atoms with Gasteiger partial charge in [0, 0.05) is 17.0 Å². The van der Waals surface area contributed by atoms with Crippen LogP contribution in [0, 0.1) is 11.3 Å². The standard InChI is InChI=1S/C16H25NS/c1-11-9-16(2,3)10-14(11)17-13-5-4-6-15-12(13)7-8-18-15/h7-8,11,13-14,17H,4-6,9-10H2,1-3H3. The Morgan fingerprint density at radius 3 is 2.89 bits per heavy atom. The highest BCUT2D eigenvalue weighted by atomic mass is 32.1. The van der Waals surface area contributed by atoms with Crippen LogP contribution in [0.25, 0.3) is 0 Å². The smallest absolute Gasteiger partial charge is 0.0333 e. The summed E-state index contributed by atoms with van der Waals surface area (Å²) in [5, 5.41) is 6.24. The summed E-state index contributed by atoms with van der Waals surface area (Å²) in [5.41, 5.74) is 2.13. The molecule has 0 saturated heterocycles.